The van der Waals surface area contributed by atoms with Crippen LogP contribution < -0.4 is 4.74 Å². The average molecular weight is 274 g/mol. The molecule has 0 aliphatic heterocycles. The summed E-state index contributed by atoms with van der Waals surface area (Å²) in [6.45, 7) is 4.30. The molecule has 3 rings (SSSR count). The summed E-state index contributed by atoms with van der Waals surface area (Å²) < 4.78 is 6.07. The molecule has 2 unspecified atom stereocenters. The summed E-state index contributed by atoms with van der Waals surface area (Å²) in [7, 11) is 0. The molecule has 0 saturated heterocycles. The Labute approximate surface area is 122 Å². The number of ether oxygens (including phenoxy) is 1. The maximum absolute atomic E-state index is 9.85. The Bertz CT molecular complexity index is 443. The molecule has 1 N–H and O–H groups in total. The van der Waals surface area contributed by atoms with E-state index in [1.807, 2.05) is 0 Å². The van der Waals surface area contributed by atoms with Gasteiger partial charge >= 0.3 is 0 Å². The Morgan fingerprint density at radius 2 is 1.70 bits per heavy atom. The molecule has 2 nitrogen and oxygen atoms in total. The summed E-state index contributed by atoms with van der Waals surface area (Å²) in [6, 6.07) is 8.56. The minimum absolute atomic E-state index is 0.00570. The van der Waals surface area contributed by atoms with E-state index < -0.39 is 0 Å². The smallest absolute Gasteiger partial charge is 0.119 e. The second kappa shape index (κ2) is 5.40. The summed E-state index contributed by atoms with van der Waals surface area (Å²) in [5.41, 5.74) is 1.34. The van der Waals surface area contributed by atoms with Crippen LogP contribution in [0.1, 0.15) is 63.9 Å². The van der Waals surface area contributed by atoms with E-state index in [0.29, 0.717) is 12.0 Å². The third-order valence-corrected chi connectivity index (χ3v) is 5.35. The molecule has 20 heavy (non-hydrogen) atoms. The molecule has 1 aromatic rings. The first-order valence-corrected chi connectivity index (χ1v) is 8.02. The molecule has 0 spiro atoms. The molecule has 2 aliphatic rings. The number of aliphatic hydroxyl groups is 1. The van der Waals surface area contributed by atoms with E-state index in [9.17, 15) is 5.11 Å². The lowest BCUT2D eigenvalue weighted by Crippen LogP contribution is -2.47. The maximum Gasteiger partial charge on any atom is 0.119 e. The van der Waals surface area contributed by atoms with Crippen LogP contribution in [0.5, 0.6) is 5.75 Å². The van der Waals surface area contributed by atoms with Gasteiger partial charge in [-0.05, 0) is 61.1 Å². The Kier molecular flexibility index (Phi) is 3.76. The van der Waals surface area contributed by atoms with E-state index in [1.165, 1.54) is 37.7 Å². The Balaban J connectivity index is 1.63. The van der Waals surface area contributed by atoms with Gasteiger partial charge < -0.3 is 9.84 Å². The predicted molar refractivity (Wildman–Crippen MR) is 81.1 cm³/mol. The fraction of sp³-hybridized carbons (Fsp3) is 0.667. The second-order valence-corrected chi connectivity index (χ2v) is 7.07. The van der Waals surface area contributed by atoms with Crippen LogP contribution in [0.4, 0.5) is 0 Å². The van der Waals surface area contributed by atoms with Gasteiger partial charge in [0.25, 0.3) is 0 Å². The van der Waals surface area contributed by atoms with Crippen LogP contribution >= 0.6 is 0 Å². The van der Waals surface area contributed by atoms with Gasteiger partial charge in [0.1, 0.15) is 5.75 Å². The first kappa shape index (κ1) is 13.9. The molecule has 2 fully saturated rings. The first-order chi connectivity index (χ1) is 9.57. The van der Waals surface area contributed by atoms with E-state index in [2.05, 4.69) is 38.1 Å². The van der Waals surface area contributed by atoms with Crippen molar-refractivity contribution < 1.29 is 9.84 Å². The third kappa shape index (κ3) is 2.58. The molecule has 0 heterocycles. The van der Waals surface area contributed by atoms with Crippen molar-refractivity contribution in [3.05, 3.63) is 29.8 Å². The van der Waals surface area contributed by atoms with Crippen LogP contribution in [0.3, 0.4) is 0 Å². The molecule has 0 amide bonds. The summed E-state index contributed by atoms with van der Waals surface area (Å²) in [5.74, 6) is 1.47. The van der Waals surface area contributed by atoms with Crippen molar-refractivity contribution in [2.24, 2.45) is 5.41 Å². The van der Waals surface area contributed by atoms with Crippen LogP contribution in [0.25, 0.3) is 0 Å². The summed E-state index contributed by atoms with van der Waals surface area (Å²) in [6.07, 6.45) is 7.50. The predicted octanol–water partition coefficient (Wildman–Crippen LogP) is 4.27. The maximum atomic E-state index is 9.85. The van der Waals surface area contributed by atoms with Gasteiger partial charge in [0, 0.05) is 0 Å². The quantitative estimate of drug-likeness (QED) is 0.891. The first-order valence-electron chi connectivity index (χ1n) is 8.02. The number of aliphatic hydroxyl groups excluding tert-OH is 1. The third-order valence-electron chi connectivity index (χ3n) is 5.35. The lowest BCUT2D eigenvalue weighted by Gasteiger charge is -2.49. The van der Waals surface area contributed by atoms with Crippen molar-refractivity contribution in [1.82, 2.24) is 0 Å². The minimum atomic E-state index is -0.161. The van der Waals surface area contributed by atoms with Gasteiger partial charge in [-0.15, -0.1) is 0 Å². The monoisotopic (exact) mass is 274 g/mol. The van der Waals surface area contributed by atoms with Crippen molar-refractivity contribution in [3.63, 3.8) is 0 Å². The van der Waals surface area contributed by atoms with Gasteiger partial charge in [0.15, 0.2) is 0 Å². The number of benzene rings is 1. The highest BCUT2D eigenvalue weighted by Crippen LogP contribution is 2.52. The molecule has 2 saturated carbocycles. The van der Waals surface area contributed by atoms with Gasteiger partial charge in [-0.3, -0.25) is 0 Å². The van der Waals surface area contributed by atoms with E-state index >= 15 is 0 Å². The molecule has 2 atom stereocenters. The van der Waals surface area contributed by atoms with Crippen LogP contribution in [0.2, 0.25) is 0 Å². The van der Waals surface area contributed by atoms with Crippen molar-refractivity contribution in [2.45, 2.75) is 70.5 Å². The largest absolute Gasteiger partial charge is 0.490 e. The van der Waals surface area contributed by atoms with Crippen LogP contribution in [-0.4, -0.2) is 17.3 Å². The fourth-order valence-electron chi connectivity index (χ4n) is 3.62. The van der Waals surface area contributed by atoms with Gasteiger partial charge in [0.2, 0.25) is 0 Å². The van der Waals surface area contributed by atoms with Gasteiger partial charge in [-0.25, -0.2) is 0 Å². The van der Waals surface area contributed by atoms with Crippen LogP contribution in [0.15, 0.2) is 24.3 Å². The number of rotatable bonds is 3. The Morgan fingerprint density at radius 3 is 2.25 bits per heavy atom. The van der Waals surface area contributed by atoms with Crippen LogP contribution in [-0.2, 0) is 0 Å². The fourth-order valence-corrected chi connectivity index (χ4v) is 3.62. The Hall–Kier alpha value is -1.02. The lowest BCUT2D eigenvalue weighted by molar-refractivity contribution is -0.0625. The summed E-state index contributed by atoms with van der Waals surface area (Å²) >= 11 is 0. The molecule has 2 aliphatic carbocycles. The second-order valence-electron chi connectivity index (χ2n) is 7.07. The van der Waals surface area contributed by atoms with E-state index in [0.717, 1.165) is 12.2 Å². The highest BCUT2D eigenvalue weighted by atomic mass is 16.5. The highest BCUT2D eigenvalue weighted by molar-refractivity contribution is 5.33. The van der Waals surface area contributed by atoms with Crippen molar-refractivity contribution in [2.75, 3.05) is 0 Å². The topological polar surface area (TPSA) is 29.5 Å². The van der Waals surface area contributed by atoms with Gasteiger partial charge in [-0.1, -0.05) is 32.4 Å². The molecular formula is C18H26O2. The van der Waals surface area contributed by atoms with E-state index in [1.54, 1.807) is 0 Å². The SMILES string of the molecule is CC1(C)C(O)CC1c1ccc(OC2CCCCC2)cc1. The standard InChI is InChI=1S/C18H26O2/c1-18(2)16(12-17(18)19)13-8-10-15(11-9-13)20-14-6-4-3-5-7-14/h8-11,14,16-17,19H,3-7,12H2,1-2H3. The van der Waals surface area contributed by atoms with Crippen molar-refractivity contribution >= 4 is 0 Å². The molecule has 0 radical (unpaired) electrons. The molecule has 110 valence electrons. The number of hydrogen-bond acceptors (Lipinski definition) is 2. The zero-order chi connectivity index (χ0) is 14.2. The molecule has 0 bridgehead atoms. The summed E-state index contributed by atoms with van der Waals surface area (Å²) in [5, 5.41) is 9.85. The minimum Gasteiger partial charge on any atom is -0.490 e. The molecular weight excluding hydrogens is 248 g/mol. The van der Waals surface area contributed by atoms with Crippen molar-refractivity contribution in [1.29, 1.82) is 0 Å². The van der Waals surface area contributed by atoms with E-state index in [-0.39, 0.29) is 11.5 Å². The van der Waals surface area contributed by atoms with E-state index in [4.69, 9.17) is 4.74 Å². The number of hydrogen-bond donors (Lipinski definition) is 1. The van der Waals surface area contributed by atoms with Gasteiger partial charge in [-0.2, -0.15) is 0 Å². The van der Waals surface area contributed by atoms with Gasteiger partial charge in [0.05, 0.1) is 12.2 Å². The highest BCUT2D eigenvalue weighted by Gasteiger charge is 2.47. The Morgan fingerprint density at radius 1 is 1.05 bits per heavy atom. The van der Waals surface area contributed by atoms with Crippen molar-refractivity contribution in [3.8, 4) is 5.75 Å². The summed E-state index contributed by atoms with van der Waals surface area (Å²) in [4.78, 5) is 0. The zero-order valence-corrected chi connectivity index (χ0v) is 12.6. The zero-order valence-electron chi connectivity index (χ0n) is 12.6. The van der Waals surface area contributed by atoms with Crippen LogP contribution in [0, 0.1) is 5.41 Å². The molecule has 1 aromatic carbocycles. The molecule has 0 aromatic heterocycles. The molecule has 2 heteroatoms. The average Bonchev–Trinajstić information content (AvgIpc) is 2.47. The lowest BCUT2D eigenvalue weighted by atomic mass is 9.58. The normalized spacial score (nSPS) is 29.8.